The maximum atomic E-state index is 12.4. The molecule has 1 aromatic heterocycles. The Morgan fingerprint density at radius 3 is 2.52 bits per heavy atom. The number of hydrogen-bond acceptors (Lipinski definition) is 5. The van der Waals surface area contributed by atoms with Crippen molar-refractivity contribution in [2.75, 3.05) is 39.8 Å². The van der Waals surface area contributed by atoms with Crippen molar-refractivity contribution in [2.45, 2.75) is 12.5 Å². The first-order valence-electron chi connectivity index (χ1n) is 8.50. The molecule has 1 amide bonds. The van der Waals surface area contributed by atoms with Crippen LogP contribution in [0.2, 0.25) is 0 Å². The van der Waals surface area contributed by atoms with E-state index in [-0.39, 0.29) is 5.91 Å². The van der Waals surface area contributed by atoms with Crippen molar-refractivity contribution in [3.8, 4) is 5.75 Å². The highest BCUT2D eigenvalue weighted by Gasteiger charge is 2.23. The smallest absolute Gasteiger partial charge is 0.227 e. The van der Waals surface area contributed by atoms with Crippen LogP contribution in [0.1, 0.15) is 17.4 Å². The second-order valence-corrected chi connectivity index (χ2v) is 6.24. The van der Waals surface area contributed by atoms with E-state index in [0.717, 1.165) is 24.4 Å². The lowest BCUT2D eigenvalue weighted by atomic mass is 10.1. The van der Waals surface area contributed by atoms with Gasteiger partial charge >= 0.3 is 0 Å². The molecule has 1 aliphatic rings. The minimum atomic E-state index is -0.628. The number of amides is 1. The minimum Gasteiger partial charge on any atom is -0.497 e. The maximum absolute atomic E-state index is 12.4. The number of rotatable bonds is 6. The molecule has 0 aliphatic carbocycles. The summed E-state index contributed by atoms with van der Waals surface area (Å²) in [6, 6.07) is 11.1. The Bertz CT molecular complexity index is 661. The Morgan fingerprint density at radius 1 is 1.20 bits per heavy atom. The average molecular weight is 344 g/mol. The van der Waals surface area contributed by atoms with E-state index in [1.807, 2.05) is 29.2 Å². The molecule has 1 aromatic carbocycles. The van der Waals surface area contributed by atoms with E-state index in [0.29, 0.717) is 31.8 Å². The SMILES string of the molecule is COc1ccc(CC(=O)N2CCN(CC(O)c3ccco3)CC2)cc1. The zero-order valence-corrected chi connectivity index (χ0v) is 14.4. The van der Waals surface area contributed by atoms with Gasteiger partial charge in [-0.25, -0.2) is 0 Å². The molecule has 2 heterocycles. The van der Waals surface area contributed by atoms with Gasteiger partial charge in [0.1, 0.15) is 17.6 Å². The van der Waals surface area contributed by atoms with Gasteiger partial charge in [-0.15, -0.1) is 0 Å². The predicted molar refractivity (Wildman–Crippen MR) is 93.4 cm³/mol. The quantitative estimate of drug-likeness (QED) is 0.864. The zero-order valence-electron chi connectivity index (χ0n) is 14.4. The molecule has 0 saturated carbocycles. The van der Waals surface area contributed by atoms with Gasteiger partial charge in [0, 0.05) is 32.7 Å². The lowest BCUT2D eigenvalue weighted by molar-refractivity contribution is -0.132. The van der Waals surface area contributed by atoms with E-state index in [1.165, 1.54) is 0 Å². The number of methoxy groups -OCH3 is 1. The van der Waals surface area contributed by atoms with E-state index in [9.17, 15) is 9.90 Å². The topological polar surface area (TPSA) is 66.2 Å². The standard InChI is InChI=1S/C19H24N2O4/c1-24-16-6-4-15(5-7-16)13-19(23)21-10-8-20(9-11-21)14-17(22)18-3-2-12-25-18/h2-7,12,17,22H,8-11,13-14H2,1H3. The van der Waals surface area contributed by atoms with Crippen LogP contribution >= 0.6 is 0 Å². The van der Waals surface area contributed by atoms with Gasteiger partial charge in [0.25, 0.3) is 0 Å². The van der Waals surface area contributed by atoms with Crippen molar-refractivity contribution < 1.29 is 19.1 Å². The molecule has 0 bridgehead atoms. The second kappa shape index (κ2) is 8.18. The van der Waals surface area contributed by atoms with E-state index < -0.39 is 6.10 Å². The lowest BCUT2D eigenvalue weighted by Gasteiger charge is -2.35. The van der Waals surface area contributed by atoms with E-state index in [1.54, 1.807) is 25.5 Å². The third-order valence-electron chi connectivity index (χ3n) is 4.54. The molecule has 1 aliphatic heterocycles. The number of piperazine rings is 1. The summed E-state index contributed by atoms with van der Waals surface area (Å²) in [6.07, 6.45) is 1.34. The summed E-state index contributed by atoms with van der Waals surface area (Å²) < 4.78 is 10.4. The number of carbonyl (C=O) groups is 1. The predicted octanol–water partition coefficient (Wildman–Crippen LogP) is 1.71. The summed E-state index contributed by atoms with van der Waals surface area (Å²) in [4.78, 5) is 16.5. The van der Waals surface area contributed by atoms with Crippen molar-refractivity contribution in [1.29, 1.82) is 0 Å². The number of aliphatic hydroxyl groups is 1. The molecule has 3 rings (SSSR count). The van der Waals surface area contributed by atoms with E-state index in [4.69, 9.17) is 9.15 Å². The average Bonchev–Trinajstić information content (AvgIpc) is 3.18. The van der Waals surface area contributed by atoms with Crippen LogP contribution in [0, 0.1) is 0 Å². The molecule has 6 nitrogen and oxygen atoms in total. The van der Waals surface area contributed by atoms with Crippen molar-refractivity contribution in [1.82, 2.24) is 9.80 Å². The number of ether oxygens (including phenoxy) is 1. The van der Waals surface area contributed by atoms with Gasteiger partial charge in [0.2, 0.25) is 5.91 Å². The van der Waals surface area contributed by atoms with Crippen LogP contribution in [0.15, 0.2) is 47.1 Å². The Hall–Kier alpha value is -2.31. The van der Waals surface area contributed by atoms with Crippen molar-refractivity contribution in [3.63, 3.8) is 0 Å². The number of carbonyl (C=O) groups excluding carboxylic acids is 1. The van der Waals surface area contributed by atoms with Crippen LogP contribution in [-0.4, -0.2) is 60.6 Å². The maximum Gasteiger partial charge on any atom is 0.227 e. The molecule has 0 radical (unpaired) electrons. The summed E-state index contributed by atoms with van der Waals surface area (Å²) in [5, 5.41) is 10.1. The molecule has 1 N–H and O–H groups in total. The Kier molecular flexibility index (Phi) is 5.73. The van der Waals surface area contributed by atoms with Crippen LogP contribution in [0.4, 0.5) is 0 Å². The first-order valence-corrected chi connectivity index (χ1v) is 8.50. The highest BCUT2D eigenvalue weighted by Crippen LogP contribution is 2.16. The van der Waals surface area contributed by atoms with Gasteiger partial charge in [-0.05, 0) is 29.8 Å². The molecule has 0 spiro atoms. The van der Waals surface area contributed by atoms with Crippen molar-refractivity contribution in [3.05, 3.63) is 54.0 Å². The monoisotopic (exact) mass is 344 g/mol. The summed E-state index contributed by atoms with van der Waals surface area (Å²) in [5.41, 5.74) is 0.987. The third kappa shape index (κ3) is 4.61. The fourth-order valence-electron chi connectivity index (χ4n) is 3.03. The molecule has 1 saturated heterocycles. The largest absolute Gasteiger partial charge is 0.497 e. The van der Waals surface area contributed by atoms with Gasteiger partial charge in [0.15, 0.2) is 0 Å². The number of benzene rings is 1. The molecule has 1 fully saturated rings. The molecule has 134 valence electrons. The van der Waals surface area contributed by atoms with Crippen LogP contribution in [0.25, 0.3) is 0 Å². The summed E-state index contributed by atoms with van der Waals surface area (Å²) >= 11 is 0. The zero-order chi connectivity index (χ0) is 17.6. The van der Waals surface area contributed by atoms with Gasteiger partial charge in [-0.2, -0.15) is 0 Å². The number of aliphatic hydroxyl groups excluding tert-OH is 1. The highest BCUT2D eigenvalue weighted by atomic mass is 16.5. The second-order valence-electron chi connectivity index (χ2n) is 6.24. The van der Waals surface area contributed by atoms with Gasteiger partial charge in [0.05, 0.1) is 19.8 Å². The Morgan fingerprint density at radius 2 is 1.92 bits per heavy atom. The van der Waals surface area contributed by atoms with E-state index in [2.05, 4.69) is 4.90 Å². The van der Waals surface area contributed by atoms with Crippen LogP contribution in [0.5, 0.6) is 5.75 Å². The molecule has 6 heteroatoms. The van der Waals surface area contributed by atoms with Crippen LogP contribution < -0.4 is 4.74 Å². The molecule has 2 aromatic rings. The Balaban J connectivity index is 1.45. The van der Waals surface area contributed by atoms with Gasteiger partial charge < -0.3 is 19.2 Å². The number of nitrogens with zero attached hydrogens (tertiary/aromatic N) is 2. The van der Waals surface area contributed by atoms with Crippen LogP contribution in [0.3, 0.4) is 0 Å². The molecule has 25 heavy (non-hydrogen) atoms. The fraction of sp³-hybridized carbons (Fsp3) is 0.421. The first-order chi connectivity index (χ1) is 12.2. The van der Waals surface area contributed by atoms with Crippen molar-refractivity contribution >= 4 is 5.91 Å². The number of furan rings is 1. The molecule has 1 unspecified atom stereocenters. The summed E-state index contributed by atoms with van der Waals surface area (Å²) in [5.74, 6) is 1.51. The first kappa shape index (κ1) is 17.5. The Labute approximate surface area is 147 Å². The number of β-amino-alcohol motifs (C(OH)–C–C–N with tert-alkyl or cyclic N) is 1. The van der Waals surface area contributed by atoms with Crippen LogP contribution in [-0.2, 0) is 11.2 Å². The van der Waals surface area contributed by atoms with Gasteiger partial charge in [-0.1, -0.05) is 12.1 Å². The number of hydrogen-bond donors (Lipinski definition) is 1. The summed E-state index contributed by atoms with van der Waals surface area (Å²) in [7, 11) is 1.63. The molecule has 1 atom stereocenters. The summed E-state index contributed by atoms with van der Waals surface area (Å²) in [6.45, 7) is 3.39. The fourth-order valence-corrected chi connectivity index (χ4v) is 3.03. The lowest BCUT2D eigenvalue weighted by Crippen LogP contribution is -2.50. The normalized spacial score (nSPS) is 16.6. The highest BCUT2D eigenvalue weighted by molar-refractivity contribution is 5.78. The minimum absolute atomic E-state index is 0.136. The molecular weight excluding hydrogens is 320 g/mol. The molecular formula is C19H24N2O4. The van der Waals surface area contributed by atoms with E-state index >= 15 is 0 Å². The van der Waals surface area contributed by atoms with Crippen molar-refractivity contribution in [2.24, 2.45) is 0 Å². The van der Waals surface area contributed by atoms with Gasteiger partial charge in [-0.3, -0.25) is 9.69 Å². The third-order valence-corrected chi connectivity index (χ3v) is 4.54.